The molecule has 1 saturated heterocycles. The highest BCUT2D eigenvalue weighted by Crippen LogP contribution is 2.46. The Balaban J connectivity index is 0.00000256. The molecule has 1 aliphatic heterocycles. The first-order valence-corrected chi connectivity index (χ1v) is 11.1. The van der Waals surface area contributed by atoms with Crippen molar-refractivity contribution in [2.24, 2.45) is 10.9 Å². The van der Waals surface area contributed by atoms with Gasteiger partial charge in [-0.15, -0.1) is 24.0 Å². The molecule has 0 aromatic heterocycles. The molecular formula is C25H35IN4. The van der Waals surface area contributed by atoms with Crippen molar-refractivity contribution in [3.8, 4) is 0 Å². The number of piperidine rings is 1. The van der Waals surface area contributed by atoms with E-state index < -0.39 is 0 Å². The molecule has 2 aromatic rings. The lowest BCUT2D eigenvalue weighted by Gasteiger charge is -2.37. The highest BCUT2D eigenvalue weighted by Gasteiger charge is 2.38. The van der Waals surface area contributed by atoms with Gasteiger partial charge in [0.2, 0.25) is 0 Å². The second-order valence-corrected chi connectivity index (χ2v) is 8.51. The smallest absolute Gasteiger partial charge is 0.191 e. The number of nitrogens with zero attached hydrogens (tertiary/aromatic N) is 2. The highest BCUT2D eigenvalue weighted by molar-refractivity contribution is 14.0. The van der Waals surface area contributed by atoms with E-state index in [1.54, 1.807) is 0 Å². The molecule has 2 aromatic carbocycles. The molecule has 1 aliphatic carbocycles. The van der Waals surface area contributed by atoms with E-state index in [-0.39, 0.29) is 24.0 Å². The first kappa shape index (κ1) is 23.1. The fraction of sp³-hybridized carbons (Fsp3) is 0.480. The molecule has 1 saturated carbocycles. The first-order valence-electron chi connectivity index (χ1n) is 11.1. The molecule has 4 rings (SSSR count). The number of aliphatic imine (C=N–C) groups is 1. The maximum Gasteiger partial charge on any atom is 0.191 e. The molecule has 0 amide bonds. The third-order valence-corrected chi connectivity index (χ3v) is 6.61. The summed E-state index contributed by atoms with van der Waals surface area (Å²) in [6.07, 6.45) is 3.60. The molecule has 30 heavy (non-hydrogen) atoms. The lowest BCUT2D eigenvalue weighted by Crippen LogP contribution is -2.49. The second kappa shape index (κ2) is 11.1. The van der Waals surface area contributed by atoms with Gasteiger partial charge in [-0.2, -0.15) is 0 Å². The number of nitrogens with one attached hydrogen (secondary N) is 2. The predicted molar refractivity (Wildman–Crippen MR) is 137 cm³/mol. The monoisotopic (exact) mass is 518 g/mol. The summed E-state index contributed by atoms with van der Waals surface area (Å²) in [4.78, 5) is 7.06. The number of benzene rings is 2. The minimum absolute atomic E-state index is 0. The van der Waals surface area contributed by atoms with Crippen molar-refractivity contribution in [1.29, 1.82) is 0 Å². The lowest BCUT2D eigenvalue weighted by atomic mass is 10.0. The molecule has 2 fully saturated rings. The minimum atomic E-state index is 0. The van der Waals surface area contributed by atoms with Crippen LogP contribution in [-0.2, 0) is 0 Å². The van der Waals surface area contributed by atoms with Crippen LogP contribution in [-0.4, -0.2) is 43.6 Å². The molecule has 3 unspecified atom stereocenters. The van der Waals surface area contributed by atoms with Crippen LogP contribution in [0.3, 0.4) is 0 Å². The van der Waals surface area contributed by atoms with Crippen molar-refractivity contribution in [2.75, 3.05) is 26.7 Å². The van der Waals surface area contributed by atoms with Crippen molar-refractivity contribution in [3.63, 3.8) is 0 Å². The van der Waals surface area contributed by atoms with E-state index in [1.807, 2.05) is 7.05 Å². The Hall–Kier alpha value is -1.60. The molecule has 2 N–H and O–H groups in total. The Morgan fingerprint density at radius 3 is 2.30 bits per heavy atom. The van der Waals surface area contributed by atoms with E-state index in [0.717, 1.165) is 44.4 Å². The van der Waals surface area contributed by atoms with Crippen molar-refractivity contribution < 1.29 is 0 Å². The molecule has 0 radical (unpaired) electrons. The van der Waals surface area contributed by atoms with Crippen LogP contribution in [0.4, 0.5) is 0 Å². The minimum Gasteiger partial charge on any atom is -0.356 e. The van der Waals surface area contributed by atoms with Gasteiger partial charge >= 0.3 is 0 Å². The van der Waals surface area contributed by atoms with Crippen molar-refractivity contribution >= 4 is 29.9 Å². The van der Waals surface area contributed by atoms with Crippen molar-refractivity contribution in [2.45, 2.75) is 44.2 Å². The number of guanidine groups is 1. The van der Waals surface area contributed by atoms with Gasteiger partial charge in [0.15, 0.2) is 5.96 Å². The Kier molecular flexibility index (Phi) is 8.57. The fourth-order valence-electron chi connectivity index (χ4n) is 4.57. The van der Waals surface area contributed by atoms with Gasteiger partial charge in [-0.1, -0.05) is 60.7 Å². The van der Waals surface area contributed by atoms with E-state index in [2.05, 4.69) is 88.1 Å². The summed E-state index contributed by atoms with van der Waals surface area (Å²) < 4.78 is 0. The Morgan fingerprint density at radius 2 is 1.67 bits per heavy atom. The van der Waals surface area contributed by atoms with Gasteiger partial charge in [-0.05, 0) is 49.1 Å². The lowest BCUT2D eigenvalue weighted by molar-refractivity contribution is 0.158. The molecule has 4 nitrogen and oxygen atoms in total. The summed E-state index contributed by atoms with van der Waals surface area (Å²) in [6, 6.07) is 22.7. The second-order valence-electron chi connectivity index (χ2n) is 8.51. The molecule has 3 atom stereocenters. The molecular weight excluding hydrogens is 483 g/mol. The maximum absolute atomic E-state index is 4.46. The van der Waals surface area contributed by atoms with E-state index >= 15 is 0 Å². The topological polar surface area (TPSA) is 39.7 Å². The highest BCUT2D eigenvalue weighted by atomic mass is 127. The van der Waals surface area contributed by atoms with Gasteiger partial charge in [-0.25, -0.2) is 0 Å². The first-order chi connectivity index (χ1) is 14.2. The van der Waals surface area contributed by atoms with Crippen LogP contribution in [0.2, 0.25) is 0 Å². The number of rotatable bonds is 6. The zero-order chi connectivity index (χ0) is 20.1. The molecule has 162 valence electrons. The van der Waals surface area contributed by atoms with Crippen molar-refractivity contribution in [1.82, 2.24) is 15.5 Å². The summed E-state index contributed by atoms with van der Waals surface area (Å²) >= 11 is 0. The Bertz CT molecular complexity index is 787. The standard InChI is InChI=1S/C25H34N4.HI/c1-19(20-9-5-3-6-10-20)29-15-13-23(14-16-29)28-25(26-2)27-18-22-17-24(22)21-11-7-4-8-12-21;/h3-12,19,22-24H,13-18H2,1-2H3,(H2,26,27,28);1H. The molecule has 0 spiro atoms. The summed E-state index contributed by atoms with van der Waals surface area (Å²) in [5, 5.41) is 7.22. The summed E-state index contributed by atoms with van der Waals surface area (Å²) in [5.41, 5.74) is 2.89. The molecule has 2 aliphatic rings. The summed E-state index contributed by atoms with van der Waals surface area (Å²) in [6.45, 7) is 5.58. The third kappa shape index (κ3) is 5.97. The Morgan fingerprint density at radius 1 is 1.03 bits per heavy atom. The van der Waals surface area contributed by atoms with Crippen LogP contribution < -0.4 is 10.6 Å². The van der Waals surface area contributed by atoms with Gasteiger partial charge < -0.3 is 10.6 Å². The number of hydrogen-bond acceptors (Lipinski definition) is 2. The van der Waals surface area contributed by atoms with E-state index in [9.17, 15) is 0 Å². The predicted octanol–water partition coefficient (Wildman–Crippen LogP) is 4.80. The average molecular weight is 518 g/mol. The van der Waals surface area contributed by atoms with Gasteiger partial charge in [0.25, 0.3) is 0 Å². The van der Waals surface area contributed by atoms with Crippen LogP contribution in [0.1, 0.15) is 49.3 Å². The van der Waals surface area contributed by atoms with E-state index in [4.69, 9.17) is 0 Å². The third-order valence-electron chi connectivity index (χ3n) is 6.61. The van der Waals surface area contributed by atoms with Gasteiger partial charge in [0, 0.05) is 38.8 Å². The van der Waals surface area contributed by atoms with E-state index in [0.29, 0.717) is 18.0 Å². The number of hydrogen-bond donors (Lipinski definition) is 2. The van der Waals surface area contributed by atoms with Gasteiger partial charge in [0.1, 0.15) is 0 Å². The normalized spacial score (nSPS) is 23.3. The molecule has 1 heterocycles. The average Bonchev–Trinajstić information content (AvgIpc) is 3.57. The fourth-order valence-corrected chi connectivity index (χ4v) is 4.57. The SMILES string of the molecule is CN=C(NCC1CC1c1ccccc1)NC1CCN(C(C)c2ccccc2)CC1.I. The Labute approximate surface area is 198 Å². The quantitative estimate of drug-likeness (QED) is 0.328. The van der Waals surface area contributed by atoms with Gasteiger partial charge in [0.05, 0.1) is 0 Å². The number of likely N-dealkylation sites (tertiary alicyclic amines) is 1. The zero-order valence-corrected chi connectivity index (χ0v) is 20.5. The summed E-state index contributed by atoms with van der Waals surface area (Å²) in [5.74, 6) is 2.40. The van der Waals surface area contributed by atoms with Crippen LogP contribution in [0.15, 0.2) is 65.7 Å². The number of halogens is 1. The van der Waals surface area contributed by atoms with Gasteiger partial charge in [-0.3, -0.25) is 9.89 Å². The maximum atomic E-state index is 4.46. The van der Waals surface area contributed by atoms with Crippen molar-refractivity contribution in [3.05, 3.63) is 71.8 Å². The zero-order valence-electron chi connectivity index (χ0n) is 18.1. The van der Waals surface area contributed by atoms with Crippen LogP contribution in [0, 0.1) is 5.92 Å². The summed E-state index contributed by atoms with van der Waals surface area (Å²) in [7, 11) is 1.88. The molecule has 0 bridgehead atoms. The van der Waals surface area contributed by atoms with Crippen LogP contribution in [0.25, 0.3) is 0 Å². The van der Waals surface area contributed by atoms with Crippen LogP contribution >= 0.6 is 24.0 Å². The van der Waals surface area contributed by atoms with E-state index in [1.165, 1.54) is 17.5 Å². The molecule has 5 heteroatoms. The van der Waals surface area contributed by atoms with Crippen LogP contribution in [0.5, 0.6) is 0 Å². The largest absolute Gasteiger partial charge is 0.356 e.